The van der Waals surface area contributed by atoms with Gasteiger partial charge in [-0.2, -0.15) is 0 Å². The third-order valence-corrected chi connectivity index (χ3v) is 8.98. The van der Waals surface area contributed by atoms with Gasteiger partial charge in [-0.15, -0.1) is 0 Å². The smallest absolute Gasteiger partial charge is 0.264 e. The Bertz CT molecular complexity index is 1580. The van der Waals surface area contributed by atoms with Crippen LogP contribution in [0.3, 0.4) is 0 Å². The average Bonchev–Trinajstić information content (AvgIpc) is 3.03. The number of sulfonamides is 1. The number of unbranched alkanes of at least 4 members (excludes halogenated alkanes) is 1. The number of nitrogens with zero attached hydrogens (tertiary/aromatic N) is 2. The van der Waals surface area contributed by atoms with E-state index < -0.39 is 28.5 Å². The molecule has 224 valence electrons. The molecule has 0 aliphatic heterocycles. The van der Waals surface area contributed by atoms with Crippen molar-refractivity contribution < 1.29 is 18.0 Å². The van der Waals surface area contributed by atoms with Gasteiger partial charge in [0, 0.05) is 19.5 Å². The van der Waals surface area contributed by atoms with Crippen LogP contribution in [-0.4, -0.2) is 44.3 Å². The second-order valence-corrected chi connectivity index (χ2v) is 12.4. The van der Waals surface area contributed by atoms with Crippen LogP contribution in [-0.2, 0) is 32.6 Å². The molecule has 0 saturated heterocycles. The molecule has 8 heteroatoms. The van der Waals surface area contributed by atoms with Crippen LogP contribution < -0.4 is 9.62 Å². The summed E-state index contributed by atoms with van der Waals surface area (Å²) in [6.45, 7) is 4.18. The van der Waals surface area contributed by atoms with Gasteiger partial charge in [0.25, 0.3) is 10.0 Å². The van der Waals surface area contributed by atoms with Crippen molar-refractivity contribution >= 4 is 27.5 Å². The summed E-state index contributed by atoms with van der Waals surface area (Å²) in [5.74, 6) is -0.744. The molecule has 1 unspecified atom stereocenters. The largest absolute Gasteiger partial charge is 0.354 e. The summed E-state index contributed by atoms with van der Waals surface area (Å²) < 4.78 is 29.0. The van der Waals surface area contributed by atoms with Gasteiger partial charge in [0.15, 0.2) is 0 Å². The van der Waals surface area contributed by atoms with Gasteiger partial charge < -0.3 is 10.2 Å². The molecule has 2 amide bonds. The lowest BCUT2D eigenvalue weighted by molar-refractivity contribution is -0.140. The summed E-state index contributed by atoms with van der Waals surface area (Å²) in [4.78, 5) is 29.8. The van der Waals surface area contributed by atoms with E-state index in [1.54, 1.807) is 48.5 Å². The maximum Gasteiger partial charge on any atom is 0.264 e. The van der Waals surface area contributed by atoms with Gasteiger partial charge in [0.05, 0.1) is 10.6 Å². The van der Waals surface area contributed by atoms with Crippen molar-refractivity contribution in [1.29, 1.82) is 0 Å². The third-order valence-electron chi connectivity index (χ3n) is 7.19. The maximum atomic E-state index is 14.4. The molecular formula is C35H39N3O4S. The first kappa shape index (κ1) is 31.5. The van der Waals surface area contributed by atoms with Crippen LogP contribution in [0.15, 0.2) is 120 Å². The highest BCUT2D eigenvalue weighted by molar-refractivity contribution is 7.92. The number of hydrogen-bond donors (Lipinski definition) is 1. The number of aryl methyl sites for hydroxylation is 1. The Morgan fingerprint density at radius 1 is 0.791 bits per heavy atom. The minimum atomic E-state index is -4.10. The van der Waals surface area contributed by atoms with E-state index in [1.807, 2.05) is 68.4 Å². The maximum absolute atomic E-state index is 14.4. The van der Waals surface area contributed by atoms with Crippen LogP contribution in [0.1, 0.15) is 36.5 Å². The SMILES string of the molecule is CCCCNC(=O)C(Cc1ccccc1)N(Cc1cccc(C)c1)C(=O)CN(c1ccccc1)S(=O)(=O)c1ccccc1. The molecule has 0 fully saturated rings. The number of para-hydroxylation sites is 1. The summed E-state index contributed by atoms with van der Waals surface area (Å²) >= 11 is 0. The van der Waals surface area contributed by atoms with Crippen molar-refractivity contribution in [2.45, 2.75) is 50.6 Å². The second kappa shape index (κ2) is 15.2. The highest BCUT2D eigenvalue weighted by atomic mass is 32.2. The van der Waals surface area contributed by atoms with E-state index in [1.165, 1.54) is 17.0 Å². The van der Waals surface area contributed by atoms with Crippen LogP contribution in [0.25, 0.3) is 0 Å². The van der Waals surface area contributed by atoms with E-state index in [-0.39, 0.29) is 23.8 Å². The van der Waals surface area contributed by atoms with Gasteiger partial charge >= 0.3 is 0 Å². The molecule has 0 aromatic heterocycles. The number of benzene rings is 4. The minimum Gasteiger partial charge on any atom is -0.354 e. The van der Waals surface area contributed by atoms with E-state index in [4.69, 9.17) is 0 Å². The van der Waals surface area contributed by atoms with Crippen LogP contribution in [0, 0.1) is 6.92 Å². The first-order valence-corrected chi connectivity index (χ1v) is 16.0. The predicted octanol–water partition coefficient (Wildman–Crippen LogP) is 5.75. The molecule has 0 spiro atoms. The molecule has 0 aliphatic rings. The van der Waals surface area contributed by atoms with Gasteiger partial charge in [-0.25, -0.2) is 8.42 Å². The Kier molecular flexibility index (Phi) is 11.1. The zero-order chi connectivity index (χ0) is 30.7. The van der Waals surface area contributed by atoms with Gasteiger partial charge in [-0.1, -0.05) is 110 Å². The first-order chi connectivity index (χ1) is 20.8. The third kappa shape index (κ3) is 8.55. The normalized spacial score (nSPS) is 11.9. The van der Waals surface area contributed by atoms with Crippen molar-refractivity contribution in [3.05, 3.63) is 132 Å². The van der Waals surface area contributed by atoms with Crippen molar-refractivity contribution in [3.63, 3.8) is 0 Å². The van der Waals surface area contributed by atoms with Gasteiger partial charge in [-0.05, 0) is 48.7 Å². The Morgan fingerprint density at radius 3 is 2.02 bits per heavy atom. The van der Waals surface area contributed by atoms with Crippen LogP contribution in [0.2, 0.25) is 0 Å². The molecule has 43 heavy (non-hydrogen) atoms. The number of rotatable bonds is 14. The standard InChI is InChI=1S/C35H39N3O4S/c1-3-4-23-36-35(40)33(25-29-16-8-5-9-17-29)37(26-30-18-14-15-28(2)24-30)34(39)27-38(31-19-10-6-11-20-31)43(41,42)32-21-12-7-13-22-32/h5-22,24,33H,3-4,23,25-27H2,1-2H3,(H,36,40). The summed E-state index contributed by atoms with van der Waals surface area (Å²) in [7, 11) is -4.10. The van der Waals surface area contributed by atoms with E-state index in [9.17, 15) is 18.0 Å². The number of nitrogens with one attached hydrogen (secondary N) is 1. The fraction of sp³-hybridized carbons (Fsp3) is 0.257. The molecule has 1 atom stereocenters. The molecule has 4 aromatic rings. The molecule has 4 aromatic carbocycles. The number of hydrogen-bond acceptors (Lipinski definition) is 4. The van der Waals surface area contributed by atoms with Gasteiger partial charge in [-0.3, -0.25) is 13.9 Å². The highest BCUT2D eigenvalue weighted by Crippen LogP contribution is 2.25. The molecule has 0 saturated carbocycles. The Hall–Kier alpha value is -4.43. The summed E-state index contributed by atoms with van der Waals surface area (Å²) in [6.07, 6.45) is 2.01. The molecule has 0 aliphatic carbocycles. The molecule has 4 rings (SSSR count). The molecule has 1 N–H and O–H groups in total. The minimum absolute atomic E-state index is 0.0787. The van der Waals surface area contributed by atoms with Crippen molar-refractivity contribution in [2.24, 2.45) is 0 Å². The Labute approximate surface area is 255 Å². The Balaban J connectivity index is 1.76. The number of carbonyl (C=O) groups excluding carboxylic acids is 2. The molecule has 0 heterocycles. The fourth-order valence-electron chi connectivity index (χ4n) is 4.91. The summed E-state index contributed by atoms with van der Waals surface area (Å²) in [6, 6.07) is 33.1. The molecular weight excluding hydrogens is 558 g/mol. The topological polar surface area (TPSA) is 86.8 Å². The van der Waals surface area contributed by atoms with E-state index in [0.29, 0.717) is 12.2 Å². The van der Waals surface area contributed by atoms with E-state index in [0.717, 1.165) is 33.8 Å². The highest BCUT2D eigenvalue weighted by Gasteiger charge is 2.34. The zero-order valence-corrected chi connectivity index (χ0v) is 25.5. The number of carbonyl (C=O) groups is 2. The molecule has 7 nitrogen and oxygen atoms in total. The lowest BCUT2D eigenvalue weighted by Crippen LogP contribution is -2.53. The van der Waals surface area contributed by atoms with Crippen molar-refractivity contribution in [1.82, 2.24) is 10.2 Å². The zero-order valence-electron chi connectivity index (χ0n) is 24.7. The summed E-state index contributed by atoms with van der Waals surface area (Å²) in [5, 5.41) is 3.01. The predicted molar refractivity (Wildman–Crippen MR) is 171 cm³/mol. The van der Waals surface area contributed by atoms with Crippen LogP contribution in [0.5, 0.6) is 0 Å². The van der Waals surface area contributed by atoms with Gasteiger partial charge in [0.1, 0.15) is 12.6 Å². The van der Waals surface area contributed by atoms with Crippen molar-refractivity contribution in [2.75, 3.05) is 17.4 Å². The van der Waals surface area contributed by atoms with Crippen molar-refractivity contribution in [3.8, 4) is 0 Å². The van der Waals surface area contributed by atoms with E-state index >= 15 is 0 Å². The van der Waals surface area contributed by atoms with Crippen LogP contribution >= 0.6 is 0 Å². The lowest BCUT2D eigenvalue weighted by atomic mass is 10.0. The first-order valence-electron chi connectivity index (χ1n) is 14.6. The van der Waals surface area contributed by atoms with E-state index in [2.05, 4.69) is 5.32 Å². The Morgan fingerprint density at radius 2 is 1.40 bits per heavy atom. The number of anilines is 1. The molecule has 0 bridgehead atoms. The average molecular weight is 598 g/mol. The second-order valence-electron chi connectivity index (χ2n) is 10.5. The monoisotopic (exact) mass is 597 g/mol. The lowest BCUT2D eigenvalue weighted by Gasteiger charge is -2.34. The van der Waals surface area contributed by atoms with Gasteiger partial charge in [0.2, 0.25) is 11.8 Å². The quantitative estimate of drug-likeness (QED) is 0.188. The number of amides is 2. The summed E-state index contributed by atoms with van der Waals surface area (Å²) in [5.41, 5.74) is 3.14. The van der Waals surface area contributed by atoms with Crippen LogP contribution in [0.4, 0.5) is 5.69 Å². The fourth-order valence-corrected chi connectivity index (χ4v) is 6.35. The molecule has 0 radical (unpaired) electrons.